The Morgan fingerprint density at radius 2 is 1.65 bits per heavy atom. The van der Waals surface area contributed by atoms with Gasteiger partial charge >= 0.3 is 12.2 Å². The van der Waals surface area contributed by atoms with Gasteiger partial charge in [0.15, 0.2) is 0 Å². The van der Waals surface area contributed by atoms with Crippen LogP contribution in [0.3, 0.4) is 0 Å². The monoisotopic (exact) mass is 473 g/mol. The zero-order chi connectivity index (χ0) is 24.9. The van der Waals surface area contributed by atoms with E-state index in [4.69, 9.17) is 10.5 Å². The zero-order valence-electron chi connectivity index (χ0n) is 17.7. The molecule has 0 bridgehead atoms. The van der Waals surface area contributed by atoms with Gasteiger partial charge in [0.25, 0.3) is 0 Å². The van der Waals surface area contributed by atoms with Crippen molar-refractivity contribution in [2.24, 2.45) is 5.73 Å². The first-order valence-corrected chi connectivity index (χ1v) is 9.77. The minimum atomic E-state index is -4.69. The van der Waals surface area contributed by atoms with Crippen LogP contribution in [-0.4, -0.2) is 19.0 Å². The number of alkyl halides is 3. The zero-order valence-corrected chi connectivity index (χ0v) is 17.7. The molecule has 0 aliphatic heterocycles. The predicted octanol–water partition coefficient (Wildman–Crippen LogP) is 5.41. The summed E-state index contributed by atoms with van der Waals surface area (Å²) in [5.41, 5.74) is 5.68. The van der Waals surface area contributed by atoms with E-state index in [9.17, 15) is 27.2 Å². The summed E-state index contributed by atoms with van der Waals surface area (Å²) in [5, 5.41) is 4.47. The number of benzene rings is 3. The van der Waals surface area contributed by atoms with E-state index in [1.165, 1.54) is 25.3 Å². The number of carbonyl (C=O) groups is 2. The summed E-state index contributed by atoms with van der Waals surface area (Å²) in [6, 6.07) is 14.0. The number of nitrogens with one attached hydrogen (secondary N) is 2. The molecule has 176 valence electrons. The number of amides is 3. The number of hydrogen-bond acceptors (Lipinski definition) is 3. The van der Waals surface area contributed by atoms with Crippen molar-refractivity contribution in [1.82, 2.24) is 0 Å². The van der Waals surface area contributed by atoms with E-state index >= 15 is 0 Å². The molecule has 3 rings (SSSR count). The summed E-state index contributed by atoms with van der Waals surface area (Å²) in [5.74, 6) is -1.11. The fraction of sp³-hybridized carbons (Fsp3) is 0.0833. The van der Waals surface area contributed by atoms with E-state index in [1.54, 1.807) is 36.4 Å². The summed E-state index contributed by atoms with van der Waals surface area (Å²) < 4.78 is 57.6. The van der Waals surface area contributed by atoms with Gasteiger partial charge in [-0.25, -0.2) is 9.18 Å². The molecule has 3 aromatic carbocycles. The Morgan fingerprint density at radius 3 is 2.26 bits per heavy atom. The molecule has 0 aliphatic rings. The minimum Gasteiger partial charge on any atom is -0.497 e. The van der Waals surface area contributed by atoms with Crippen molar-refractivity contribution < 1.29 is 31.9 Å². The predicted molar refractivity (Wildman–Crippen MR) is 120 cm³/mol. The van der Waals surface area contributed by atoms with Crippen LogP contribution in [0.5, 0.6) is 5.75 Å². The van der Waals surface area contributed by atoms with E-state index in [1.807, 2.05) is 0 Å². The second-order valence-electron chi connectivity index (χ2n) is 7.04. The van der Waals surface area contributed by atoms with Crippen LogP contribution in [0.1, 0.15) is 16.7 Å². The molecule has 0 saturated heterocycles. The number of rotatable bonds is 6. The SMILES string of the molecule is COc1cccc(C(=CC(N)=O)c2ccc(NC(=O)Nc3cc(C(F)(F)F)ccc3F)cc2)c1. The van der Waals surface area contributed by atoms with Crippen LogP contribution in [0.2, 0.25) is 0 Å². The molecule has 3 aromatic rings. The average Bonchev–Trinajstić information content (AvgIpc) is 2.78. The molecule has 0 unspecified atom stereocenters. The number of urea groups is 1. The Kier molecular flexibility index (Phi) is 7.20. The van der Waals surface area contributed by atoms with Crippen LogP contribution in [-0.2, 0) is 11.0 Å². The number of methoxy groups -OCH3 is 1. The van der Waals surface area contributed by atoms with Crippen molar-refractivity contribution in [2.45, 2.75) is 6.18 Å². The summed E-state index contributed by atoms with van der Waals surface area (Å²) in [7, 11) is 1.51. The molecule has 0 fully saturated rings. The first-order valence-electron chi connectivity index (χ1n) is 9.77. The number of primary amides is 1. The molecular formula is C24H19F4N3O3. The molecule has 4 N–H and O–H groups in total. The molecule has 0 spiro atoms. The van der Waals surface area contributed by atoms with Gasteiger partial charge in [0.1, 0.15) is 11.6 Å². The molecule has 0 radical (unpaired) electrons. The number of anilines is 2. The second kappa shape index (κ2) is 10.1. The Morgan fingerprint density at radius 1 is 0.941 bits per heavy atom. The molecule has 34 heavy (non-hydrogen) atoms. The normalized spacial score (nSPS) is 11.6. The Hall–Kier alpha value is -4.34. The Bertz CT molecular complexity index is 1240. The highest BCUT2D eigenvalue weighted by atomic mass is 19.4. The Balaban J connectivity index is 1.78. The number of hydrogen-bond donors (Lipinski definition) is 3. The van der Waals surface area contributed by atoms with Crippen molar-refractivity contribution >= 4 is 28.9 Å². The standard InChI is InChI=1S/C24H19F4N3O3/c1-34-18-4-2-3-15(11-18)19(13-22(29)32)14-5-8-17(9-6-14)30-23(33)31-21-12-16(24(26,27)28)7-10-20(21)25/h2-13H,1H3,(H2,29,32)(H2,30,31,33). The van der Waals surface area contributed by atoms with E-state index < -0.39 is 35.2 Å². The van der Waals surface area contributed by atoms with E-state index in [-0.39, 0.29) is 5.69 Å². The van der Waals surface area contributed by atoms with Crippen molar-refractivity contribution in [2.75, 3.05) is 17.7 Å². The maximum Gasteiger partial charge on any atom is 0.416 e. The van der Waals surface area contributed by atoms with E-state index in [0.29, 0.717) is 40.6 Å². The highest BCUT2D eigenvalue weighted by Crippen LogP contribution is 2.32. The third-order valence-electron chi connectivity index (χ3n) is 4.66. The van der Waals surface area contributed by atoms with Crippen LogP contribution in [0, 0.1) is 5.82 Å². The summed E-state index contributed by atoms with van der Waals surface area (Å²) in [6.07, 6.45) is -3.43. The molecule has 6 nitrogen and oxygen atoms in total. The van der Waals surface area contributed by atoms with Crippen molar-refractivity contribution in [3.8, 4) is 5.75 Å². The van der Waals surface area contributed by atoms with Gasteiger partial charge in [-0.2, -0.15) is 13.2 Å². The fourth-order valence-electron chi connectivity index (χ4n) is 3.08. The van der Waals surface area contributed by atoms with Gasteiger partial charge in [0, 0.05) is 11.8 Å². The van der Waals surface area contributed by atoms with Crippen molar-refractivity contribution in [3.05, 3.63) is 95.3 Å². The molecule has 0 aromatic heterocycles. The third-order valence-corrected chi connectivity index (χ3v) is 4.66. The van der Waals surface area contributed by atoms with Gasteiger partial charge in [-0.3, -0.25) is 4.79 Å². The lowest BCUT2D eigenvalue weighted by molar-refractivity contribution is -0.137. The Labute approximate surface area is 192 Å². The number of carbonyl (C=O) groups excluding carboxylic acids is 2. The summed E-state index contributed by atoms with van der Waals surface area (Å²) >= 11 is 0. The van der Waals surface area contributed by atoms with Crippen molar-refractivity contribution in [1.29, 1.82) is 0 Å². The quantitative estimate of drug-likeness (QED) is 0.330. The first kappa shape index (κ1) is 24.3. The smallest absolute Gasteiger partial charge is 0.416 e. The van der Waals surface area contributed by atoms with Crippen LogP contribution < -0.4 is 21.1 Å². The van der Waals surface area contributed by atoms with Crippen LogP contribution >= 0.6 is 0 Å². The largest absolute Gasteiger partial charge is 0.497 e. The van der Waals surface area contributed by atoms with Gasteiger partial charge in [-0.05, 0) is 59.2 Å². The lowest BCUT2D eigenvalue weighted by Crippen LogP contribution is -2.20. The van der Waals surface area contributed by atoms with Crippen LogP contribution in [0.25, 0.3) is 5.57 Å². The van der Waals surface area contributed by atoms with Gasteiger partial charge in [0.2, 0.25) is 5.91 Å². The van der Waals surface area contributed by atoms with E-state index in [2.05, 4.69) is 10.6 Å². The molecule has 0 heterocycles. The molecule has 0 saturated carbocycles. The fourth-order valence-corrected chi connectivity index (χ4v) is 3.08. The number of ether oxygens (including phenoxy) is 1. The molecular weight excluding hydrogens is 454 g/mol. The number of nitrogens with two attached hydrogens (primary N) is 1. The van der Waals surface area contributed by atoms with Gasteiger partial charge in [-0.15, -0.1) is 0 Å². The third kappa shape index (κ3) is 6.12. The lowest BCUT2D eigenvalue weighted by Gasteiger charge is -2.13. The molecule has 0 atom stereocenters. The molecule has 10 heteroatoms. The average molecular weight is 473 g/mol. The second-order valence-corrected chi connectivity index (χ2v) is 7.04. The first-order chi connectivity index (χ1) is 16.1. The maximum atomic E-state index is 13.9. The van der Waals surface area contributed by atoms with Crippen LogP contribution in [0.4, 0.5) is 33.7 Å². The van der Waals surface area contributed by atoms with Crippen molar-refractivity contribution in [3.63, 3.8) is 0 Å². The van der Waals surface area contributed by atoms with Gasteiger partial charge in [0.05, 0.1) is 18.4 Å². The maximum absolute atomic E-state index is 13.9. The lowest BCUT2D eigenvalue weighted by atomic mass is 9.97. The minimum absolute atomic E-state index is 0.276. The molecule has 3 amide bonds. The van der Waals surface area contributed by atoms with E-state index in [0.717, 1.165) is 0 Å². The summed E-state index contributed by atoms with van der Waals surface area (Å²) in [6.45, 7) is 0. The topological polar surface area (TPSA) is 93.4 Å². The van der Waals surface area contributed by atoms with Gasteiger partial charge < -0.3 is 21.1 Å². The number of halogens is 4. The highest BCUT2D eigenvalue weighted by molar-refractivity contribution is 6.01. The summed E-state index contributed by atoms with van der Waals surface area (Å²) in [4.78, 5) is 23.8. The van der Waals surface area contributed by atoms with Gasteiger partial charge in [-0.1, -0.05) is 24.3 Å². The molecule has 0 aliphatic carbocycles. The highest BCUT2D eigenvalue weighted by Gasteiger charge is 2.31. The van der Waals surface area contributed by atoms with Crippen LogP contribution in [0.15, 0.2) is 72.8 Å².